The number of phenolic OH excluding ortho intramolecular Hbond substituents is 1. The SMILES string of the molecule is NC(=O)c1c(Br)ccc(O)c1O. The standard InChI is InChI=1S/C7H6BrNO3/c8-3-1-2-4(10)6(11)5(3)7(9)12/h1-2,10-11H,(H2,9,12). The van der Waals surface area contributed by atoms with E-state index in [1.807, 2.05) is 0 Å². The normalized spacial score (nSPS) is 9.75. The fourth-order valence-electron chi connectivity index (χ4n) is 0.790. The summed E-state index contributed by atoms with van der Waals surface area (Å²) in [6, 6.07) is 2.68. The van der Waals surface area contributed by atoms with E-state index in [2.05, 4.69) is 15.9 Å². The molecule has 12 heavy (non-hydrogen) atoms. The smallest absolute Gasteiger partial charge is 0.253 e. The van der Waals surface area contributed by atoms with Gasteiger partial charge in [0.25, 0.3) is 5.91 Å². The topological polar surface area (TPSA) is 83.6 Å². The Morgan fingerprint density at radius 2 is 2.00 bits per heavy atom. The number of rotatable bonds is 1. The molecule has 5 heteroatoms. The van der Waals surface area contributed by atoms with Crippen LogP contribution in [0.25, 0.3) is 0 Å². The Morgan fingerprint density at radius 1 is 1.42 bits per heavy atom. The van der Waals surface area contributed by atoms with Crippen molar-refractivity contribution in [1.82, 2.24) is 0 Å². The Hall–Kier alpha value is -1.23. The van der Waals surface area contributed by atoms with Crippen molar-refractivity contribution in [1.29, 1.82) is 0 Å². The van der Waals surface area contributed by atoms with Crippen LogP contribution in [0.3, 0.4) is 0 Å². The minimum atomic E-state index is -0.796. The Balaban J connectivity index is 3.43. The van der Waals surface area contributed by atoms with E-state index in [4.69, 9.17) is 15.9 Å². The molecule has 4 N–H and O–H groups in total. The summed E-state index contributed by atoms with van der Waals surface area (Å²) >= 11 is 3.01. The molecule has 64 valence electrons. The van der Waals surface area contributed by atoms with Gasteiger partial charge in [0.2, 0.25) is 0 Å². The maximum absolute atomic E-state index is 10.7. The van der Waals surface area contributed by atoms with E-state index < -0.39 is 11.7 Å². The zero-order valence-corrected chi connectivity index (χ0v) is 7.50. The predicted octanol–water partition coefficient (Wildman–Crippen LogP) is 0.959. The Labute approximate surface area is 76.8 Å². The van der Waals surface area contributed by atoms with Gasteiger partial charge in [0, 0.05) is 4.47 Å². The summed E-state index contributed by atoms with van der Waals surface area (Å²) in [6.45, 7) is 0. The first-order chi connectivity index (χ1) is 5.54. The molecule has 1 amide bonds. The number of carbonyl (C=O) groups excluding carboxylic acids is 1. The molecule has 0 fully saturated rings. The zero-order chi connectivity index (χ0) is 9.30. The van der Waals surface area contributed by atoms with Crippen LogP contribution in [0.5, 0.6) is 11.5 Å². The molecular weight excluding hydrogens is 226 g/mol. The van der Waals surface area contributed by atoms with Crippen LogP contribution in [0, 0.1) is 0 Å². The third-order valence-electron chi connectivity index (χ3n) is 1.35. The molecule has 0 aliphatic heterocycles. The fourth-order valence-corrected chi connectivity index (χ4v) is 1.31. The largest absolute Gasteiger partial charge is 0.504 e. The number of hydrogen-bond acceptors (Lipinski definition) is 3. The molecule has 0 radical (unpaired) electrons. The number of amides is 1. The molecule has 0 unspecified atom stereocenters. The first kappa shape index (κ1) is 8.86. The van der Waals surface area contributed by atoms with Gasteiger partial charge in [-0.05, 0) is 28.1 Å². The van der Waals surface area contributed by atoms with Gasteiger partial charge in [-0.15, -0.1) is 0 Å². The summed E-state index contributed by atoms with van der Waals surface area (Å²) in [5.74, 6) is -1.67. The van der Waals surface area contributed by atoms with E-state index in [0.717, 1.165) is 0 Å². The number of hydrogen-bond donors (Lipinski definition) is 3. The maximum Gasteiger partial charge on any atom is 0.253 e. The molecule has 0 spiro atoms. The van der Waals surface area contributed by atoms with Crippen LogP contribution in [0.1, 0.15) is 10.4 Å². The van der Waals surface area contributed by atoms with Crippen molar-refractivity contribution in [3.8, 4) is 11.5 Å². The molecular formula is C7H6BrNO3. The molecule has 0 aliphatic carbocycles. The summed E-state index contributed by atoms with van der Waals surface area (Å²) in [7, 11) is 0. The minimum Gasteiger partial charge on any atom is -0.504 e. The molecule has 0 aromatic heterocycles. The Morgan fingerprint density at radius 3 is 2.42 bits per heavy atom. The number of nitrogens with two attached hydrogens (primary N) is 1. The van der Waals surface area contributed by atoms with Crippen LogP contribution in [0.2, 0.25) is 0 Å². The Kier molecular flexibility index (Phi) is 2.23. The quantitative estimate of drug-likeness (QED) is 0.630. The number of carbonyl (C=O) groups is 1. The van der Waals surface area contributed by atoms with Crippen molar-refractivity contribution in [2.45, 2.75) is 0 Å². The lowest BCUT2D eigenvalue weighted by Crippen LogP contribution is -2.11. The van der Waals surface area contributed by atoms with Crippen LogP contribution in [0.15, 0.2) is 16.6 Å². The van der Waals surface area contributed by atoms with Gasteiger partial charge in [-0.3, -0.25) is 4.79 Å². The number of halogens is 1. The molecule has 0 heterocycles. The van der Waals surface area contributed by atoms with E-state index in [9.17, 15) is 4.79 Å². The summed E-state index contributed by atoms with van der Waals surface area (Å²) in [6.07, 6.45) is 0. The third-order valence-corrected chi connectivity index (χ3v) is 2.01. The van der Waals surface area contributed by atoms with Crippen molar-refractivity contribution >= 4 is 21.8 Å². The molecule has 0 saturated heterocycles. The first-order valence-corrected chi connectivity index (χ1v) is 3.83. The molecule has 4 nitrogen and oxygen atoms in total. The lowest BCUT2D eigenvalue weighted by molar-refractivity contribution is 0.0996. The number of primary amides is 1. The van der Waals surface area contributed by atoms with E-state index in [1.165, 1.54) is 12.1 Å². The highest BCUT2D eigenvalue weighted by Crippen LogP contribution is 2.33. The van der Waals surface area contributed by atoms with Crippen molar-refractivity contribution in [3.05, 3.63) is 22.2 Å². The van der Waals surface area contributed by atoms with E-state index >= 15 is 0 Å². The molecule has 0 saturated carbocycles. The zero-order valence-electron chi connectivity index (χ0n) is 5.91. The van der Waals surface area contributed by atoms with Crippen molar-refractivity contribution in [2.75, 3.05) is 0 Å². The predicted molar refractivity (Wildman–Crippen MR) is 46.0 cm³/mol. The summed E-state index contributed by atoms with van der Waals surface area (Å²) in [5.41, 5.74) is 4.83. The second-order valence-electron chi connectivity index (χ2n) is 2.15. The van der Waals surface area contributed by atoms with Gasteiger partial charge in [0.1, 0.15) is 0 Å². The first-order valence-electron chi connectivity index (χ1n) is 3.04. The molecule has 1 aromatic rings. The highest BCUT2D eigenvalue weighted by Gasteiger charge is 2.14. The Bertz CT molecular complexity index is 338. The van der Waals surface area contributed by atoms with E-state index in [1.54, 1.807) is 0 Å². The minimum absolute atomic E-state index is 0.116. The maximum atomic E-state index is 10.7. The van der Waals surface area contributed by atoms with Crippen LogP contribution in [0.4, 0.5) is 0 Å². The molecule has 0 bridgehead atoms. The van der Waals surface area contributed by atoms with Gasteiger partial charge in [0.05, 0.1) is 5.56 Å². The van der Waals surface area contributed by atoms with Crippen molar-refractivity contribution in [3.63, 3.8) is 0 Å². The van der Waals surface area contributed by atoms with E-state index in [0.29, 0.717) is 4.47 Å². The third kappa shape index (κ3) is 1.35. The average Bonchev–Trinajstić information content (AvgIpc) is 1.97. The monoisotopic (exact) mass is 231 g/mol. The van der Waals surface area contributed by atoms with Crippen LogP contribution in [-0.2, 0) is 0 Å². The summed E-state index contributed by atoms with van der Waals surface area (Å²) in [4.78, 5) is 10.7. The molecule has 0 atom stereocenters. The van der Waals surface area contributed by atoms with Gasteiger partial charge in [-0.1, -0.05) is 0 Å². The lowest BCUT2D eigenvalue weighted by atomic mass is 10.2. The van der Waals surface area contributed by atoms with E-state index in [-0.39, 0.29) is 11.3 Å². The highest BCUT2D eigenvalue weighted by molar-refractivity contribution is 9.10. The number of aromatic hydroxyl groups is 2. The lowest BCUT2D eigenvalue weighted by Gasteiger charge is -2.03. The molecule has 1 rings (SSSR count). The van der Waals surface area contributed by atoms with Crippen LogP contribution in [-0.4, -0.2) is 16.1 Å². The second kappa shape index (κ2) is 3.02. The van der Waals surface area contributed by atoms with Gasteiger partial charge in [0.15, 0.2) is 11.5 Å². The highest BCUT2D eigenvalue weighted by atomic mass is 79.9. The van der Waals surface area contributed by atoms with Crippen molar-refractivity contribution in [2.24, 2.45) is 5.73 Å². The molecule has 1 aromatic carbocycles. The summed E-state index contributed by atoms with van der Waals surface area (Å²) in [5, 5.41) is 18.2. The number of phenols is 2. The van der Waals surface area contributed by atoms with Crippen molar-refractivity contribution < 1.29 is 15.0 Å². The number of benzene rings is 1. The van der Waals surface area contributed by atoms with Gasteiger partial charge >= 0.3 is 0 Å². The van der Waals surface area contributed by atoms with Gasteiger partial charge in [-0.25, -0.2) is 0 Å². The van der Waals surface area contributed by atoms with Crippen LogP contribution < -0.4 is 5.73 Å². The van der Waals surface area contributed by atoms with Gasteiger partial charge in [-0.2, -0.15) is 0 Å². The van der Waals surface area contributed by atoms with Crippen LogP contribution >= 0.6 is 15.9 Å². The molecule has 0 aliphatic rings. The summed E-state index contributed by atoms with van der Waals surface area (Å²) < 4.78 is 0.352. The fraction of sp³-hybridized carbons (Fsp3) is 0. The average molecular weight is 232 g/mol. The second-order valence-corrected chi connectivity index (χ2v) is 3.01. The van der Waals surface area contributed by atoms with Gasteiger partial charge < -0.3 is 15.9 Å².